The van der Waals surface area contributed by atoms with Crippen molar-refractivity contribution in [2.75, 3.05) is 5.75 Å². The fourth-order valence-corrected chi connectivity index (χ4v) is 4.01. The second-order valence-electron chi connectivity index (χ2n) is 6.11. The largest absolute Gasteiger partial charge is 0.272 e. The molecule has 2 aromatic rings. The molecule has 0 fully saturated rings. The first-order valence-electron chi connectivity index (χ1n) is 8.04. The number of aryl methyl sites for hydroxylation is 1. The molecule has 0 saturated carbocycles. The Hall–Kier alpha value is -1.92. The van der Waals surface area contributed by atoms with E-state index in [-0.39, 0.29) is 11.9 Å². The van der Waals surface area contributed by atoms with Crippen LogP contribution in [0.1, 0.15) is 29.2 Å². The van der Waals surface area contributed by atoms with Crippen molar-refractivity contribution in [3.05, 3.63) is 69.7 Å². The summed E-state index contributed by atoms with van der Waals surface area (Å²) in [6, 6.07) is 16.7. The summed E-state index contributed by atoms with van der Waals surface area (Å²) in [4.78, 5) is 15.8. The van der Waals surface area contributed by atoms with E-state index in [0.717, 1.165) is 27.7 Å². The number of rotatable bonds is 2. The zero-order chi connectivity index (χ0) is 17.4. The zero-order valence-corrected chi connectivity index (χ0v) is 16.0. The average Bonchev–Trinajstić information content (AvgIpc) is 3.23. The van der Waals surface area contributed by atoms with Crippen LogP contribution in [0.15, 0.2) is 63.1 Å². The van der Waals surface area contributed by atoms with Gasteiger partial charge in [0.25, 0.3) is 5.91 Å². The van der Waals surface area contributed by atoms with Crippen LogP contribution in [-0.2, 0) is 4.79 Å². The van der Waals surface area contributed by atoms with Gasteiger partial charge in [-0.2, -0.15) is 10.1 Å². The first kappa shape index (κ1) is 16.5. The second-order valence-corrected chi connectivity index (χ2v) is 7.96. The summed E-state index contributed by atoms with van der Waals surface area (Å²) in [6.07, 6.45) is 0.790. The van der Waals surface area contributed by atoms with Crippen molar-refractivity contribution in [2.45, 2.75) is 19.4 Å². The van der Waals surface area contributed by atoms with Crippen LogP contribution in [0.25, 0.3) is 0 Å². The lowest BCUT2D eigenvalue weighted by atomic mass is 9.98. The summed E-state index contributed by atoms with van der Waals surface area (Å²) in [6.45, 7) is 2.08. The summed E-state index contributed by atoms with van der Waals surface area (Å²) in [7, 11) is 0. The molecule has 0 aliphatic carbocycles. The third-order valence-corrected chi connectivity index (χ3v) is 5.75. The Morgan fingerprint density at radius 3 is 2.48 bits per heavy atom. The van der Waals surface area contributed by atoms with Gasteiger partial charge >= 0.3 is 0 Å². The van der Waals surface area contributed by atoms with E-state index in [1.54, 1.807) is 0 Å². The highest BCUT2D eigenvalue weighted by Gasteiger charge is 2.34. The van der Waals surface area contributed by atoms with E-state index >= 15 is 0 Å². The molecule has 0 radical (unpaired) electrons. The molecular formula is C19H16BrN3OS. The molecule has 1 unspecified atom stereocenters. The Labute approximate surface area is 159 Å². The molecule has 4 rings (SSSR count). The van der Waals surface area contributed by atoms with Crippen molar-refractivity contribution >= 4 is 44.5 Å². The summed E-state index contributed by atoms with van der Waals surface area (Å²) in [5, 5.41) is 7.42. The third-order valence-electron chi connectivity index (χ3n) is 4.29. The predicted molar refractivity (Wildman–Crippen MR) is 106 cm³/mol. The maximum Gasteiger partial charge on any atom is 0.258 e. The topological polar surface area (TPSA) is 45.0 Å². The summed E-state index contributed by atoms with van der Waals surface area (Å²) in [5.74, 6) is 0.308. The van der Waals surface area contributed by atoms with Gasteiger partial charge in [-0.15, -0.1) is 0 Å². The molecule has 0 N–H and O–H groups in total. The molecule has 0 aromatic heterocycles. The number of thioether (sulfide) groups is 1. The van der Waals surface area contributed by atoms with Gasteiger partial charge in [-0.3, -0.25) is 4.79 Å². The van der Waals surface area contributed by atoms with Gasteiger partial charge in [0.2, 0.25) is 0 Å². The van der Waals surface area contributed by atoms with Crippen LogP contribution < -0.4 is 0 Å². The second kappa shape index (κ2) is 6.77. The lowest BCUT2D eigenvalue weighted by Gasteiger charge is -2.22. The molecule has 1 atom stereocenters. The Morgan fingerprint density at radius 2 is 1.84 bits per heavy atom. The summed E-state index contributed by atoms with van der Waals surface area (Å²) in [5.41, 5.74) is 4.53. The van der Waals surface area contributed by atoms with Crippen molar-refractivity contribution in [3.8, 4) is 0 Å². The third kappa shape index (κ3) is 3.41. The van der Waals surface area contributed by atoms with Crippen LogP contribution in [0.4, 0.5) is 0 Å². The number of amides is 1. The van der Waals surface area contributed by atoms with Gasteiger partial charge in [0.15, 0.2) is 5.17 Å². The number of hydrazone groups is 1. The molecule has 2 aliphatic heterocycles. The van der Waals surface area contributed by atoms with Gasteiger partial charge in [-0.25, -0.2) is 5.01 Å². The molecule has 4 nitrogen and oxygen atoms in total. The zero-order valence-electron chi connectivity index (χ0n) is 13.6. The minimum Gasteiger partial charge on any atom is -0.272 e. The number of carbonyl (C=O) groups excluding carboxylic acids is 1. The van der Waals surface area contributed by atoms with Gasteiger partial charge in [0, 0.05) is 10.9 Å². The lowest BCUT2D eigenvalue weighted by molar-refractivity contribution is -0.115. The molecule has 0 spiro atoms. The first-order valence-corrected chi connectivity index (χ1v) is 9.81. The molecule has 2 heterocycles. The van der Waals surface area contributed by atoms with Gasteiger partial charge < -0.3 is 0 Å². The number of carbonyl (C=O) groups is 1. The monoisotopic (exact) mass is 413 g/mol. The highest BCUT2D eigenvalue weighted by Crippen LogP contribution is 2.36. The van der Waals surface area contributed by atoms with Crippen LogP contribution in [-0.4, -0.2) is 27.5 Å². The molecule has 2 aromatic carbocycles. The molecule has 6 heteroatoms. The summed E-state index contributed by atoms with van der Waals surface area (Å²) >= 11 is 4.94. The lowest BCUT2D eigenvalue weighted by Crippen LogP contribution is -2.23. The molecule has 0 saturated heterocycles. The van der Waals surface area contributed by atoms with Crippen molar-refractivity contribution in [3.63, 3.8) is 0 Å². The van der Waals surface area contributed by atoms with Crippen molar-refractivity contribution in [2.24, 2.45) is 10.1 Å². The van der Waals surface area contributed by atoms with Gasteiger partial charge in [-0.1, -0.05) is 69.7 Å². The van der Waals surface area contributed by atoms with E-state index in [1.165, 1.54) is 17.3 Å². The molecule has 1 amide bonds. The maximum absolute atomic E-state index is 11.6. The molecular weight excluding hydrogens is 398 g/mol. The van der Waals surface area contributed by atoms with E-state index in [2.05, 4.69) is 64.2 Å². The van der Waals surface area contributed by atoms with Crippen LogP contribution >= 0.6 is 27.7 Å². The number of amidine groups is 1. The SMILES string of the molecule is Cc1ccc(C2=NN(C3=NC(=O)CS3)C(c3ccc(Br)cc3)C2)cc1. The Balaban J connectivity index is 1.71. The summed E-state index contributed by atoms with van der Waals surface area (Å²) < 4.78 is 1.04. The van der Waals surface area contributed by atoms with Crippen LogP contribution in [0.2, 0.25) is 0 Å². The smallest absolute Gasteiger partial charge is 0.258 e. The number of hydrogen-bond acceptors (Lipinski definition) is 4. The number of benzene rings is 2. The molecule has 126 valence electrons. The van der Waals surface area contributed by atoms with Gasteiger partial charge in [0.05, 0.1) is 17.5 Å². The number of halogens is 1. The minimum absolute atomic E-state index is 0.0570. The van der Waals surface area contributed by atoms with Crippen LogP contribution in [0.5, 0.6) is 0 Å². The van der Waals surface area contributed by atoms with E-state index in [0.29, 0.717) is 10.9 Å². The molecule has 2 aliphatic rings. The predicted octanol–water partition coefficient (Wildman–Crippen LogP) is 4.54. The van der Waals surface area contributed by atoms with Crippen molar-refractivity contribution in [1.82, 2.24) is 5.01 Å². The average molecular weight is 414 g/mol. The Morgan fingerprint density at radius 1 is 1.12 bits per heavy atom. The highest BCUT2D eigenvalue weighted by molar-refractivity contribution is 9.10. The Bertz CT molecular complexity index is 875. The Kier molecular flexibility index (Phi) is 4.48. The van der Waals surface area contributed by atoms with Gasteiger partial charge in [-0.05, 0) is 30.2 Å². The van der Waals surface area contributed by atoms with E-state index in [9.17, 15) is 4.79 Å². The van der Waals surface area contributed by atoms with E-state index in [1.807, 2.05) is 17.1 Å². The van der Waals surface area contributed by atoms with Crippen molar-refractivity contribution in [1.29, 1.82) is 0 Å². The van der Waals surface area contributed by atoms with Crippen LogP contribution in [0.3, 0.4) is 0 Å². The number of nitrogens with zero attached hydrogens (tertiary/aromatic N) is 3. The number of hydrogen-bond donors (Lipinski definition) is 0. The highest BCUT2D eigenvalue weighted by atomic mass is 79.9. The van der Waals surface area contributed by atoms with Crippen LogP contribution in [0, 0.1) is 6.92 Å². The minimum atomic E-state index is -0.0893. The first-order chi connectivity index (χ1) is 12.1. The number of aliphatic imine (C=N–C) groups is 1. The standard InChI is InChI=1S/C19H16BrN3OS/c1-12-2-4-13(5-3-12)16-10-17(14-6-8-15(20)9-7-14)23(22-16)19-21-18(24)11-25-19/h2-9,17H,10-11H2,1H3. The van der Waals surface area contributed by atoms with E-state index in [4.69, 9.17) is 5.10 Å². The van der Waals surface area contributed by atoms with E-state index < -0.39 is 0 Å². The van der Waals surface area contributed by atoms with Gasteiger partial charge in [0.1, 0.15) is 0 Å². The fraction of sp³-hybridized carbons (Fsp3) is 0.211. The quantitative estimate of drug-likeness (QED) is 0.725. The molecule has 25 heavy (non-hydrogen) atoms. The fourth-order valence-electron chi connectivity index (χ4n) is 2.97. The van der Waals surface area contributed by atoms with Crippen molar-refractivity contribution < 1.29 is 4.79 Å². The maximum atomic E-state index is 11.6. The normalized spacial score (nSPS) is 20.0. The molecule has 0 bridgehead atoms.